The van der Waals surface area contributed by atoms with Crippen molar-refractivity contribution in [1.29, 1.82) is 0 Å². The number of carbonyl (C=O) groups excluding carboxylic acids is 2. The number of benzene rings is 1. The first-order valence-electron chi connectivity index (χ1n) is 13.9. The number of aliphatic hydroxyl groups is 1. The van der Waals surface area contributed by atoms with Crippen molar-refractivity contribution in [3.05, 3.63) is 42.6 Å². The van der Waals surface area contributed by atoms with Gasteiger partial charge in [-0.15, -0.1) is 0 Å². The zero-order valence-corrected chi connectivity index (χ0v) is 24.3. The fourth-order valence-electron chi connectivity index (χ4n) is 4.48. The molecule has 1 aliphatic heterocycles. The number of nitrogens with one attached hydrogen (secondary N) is 3. The Balaban J connectivity index is 1.34. The molecule has 2 aromatic heterocycles. The molecule has 4 N–H and O–H groups in total. The Hall–Kier alpha value is -4.19. The van der Waals surface area contributed by atoms with E-state index in [9.17, 15) is 14.7 Å². The summed E-state index contributed by atoms with van der Waals surface area (Å²) in [4.78, 5) is 42.1. The molecule has 3 amide bonds. The third kappa shape index (κ3) is 8.65. The maximum Gasteiger partial charge on any atom is 0.410 e. The lowest BCUT2D eigenvalue weighted by molar-refractivity contribution is 0.0240. The number of hydrogen-bond acceptors (Lipinski definition) is 9. The molecular formula is C29H40N8O4. The van der Waals surface area contributed by atoms with Crippen molar-refractivity contribution in [2.75, 3.05) is 48.3 Å². The van der Waals surface area contributed by atoms with Gasteiger partial charge >= 0.3 is 12.1 Å². The molecule has 0 bridgehead atoms. The van der Waals surface area contributed by atoms with Gasteiger partial charge in [0.2, 0.25) is 5.95 Å². The number of urea groups is 1. The molecule has 0 unspecified atom stereocenters. The average Bonchev–Trinajstić information content (AvgIpc) is 2.92. The van der Waals surface area contributed by atoms with E-state index in [0.29, 0.717) is 42.8 Å². The first-order chi connectivity index (χ1) is 19.5. The molecular weight excluding hydrogens is 524 g/mol. The van der Waals surface area contributed by atoms with E-state index in [-0.39, 0.29) is 18.7 Å². The number of aromatic nitrogens is 3. The third-order valence-corrected chi connectivity index (χ3v) is 6.42. The van der Waals surface area contributed by atoms with E-state index in [4.69, 9.17) is 4.74 Å². The molecule has 0 saturated carbocycles. The quantitative estimate of drug-likeness (QED) is 0.314. The number of nitrogens with zero attached hydrogens (tertiary/aromatic N) is 5. The summed E-state index contributed by atoms with van der Waals surface area (Å²) < 4.78 is 5.48. The predicted octanol–water partition coefficient (Wildman–Crippen LogP) is 4.35. The van der Waals surface area contributed by atoms with Crippen LogP contribution in [0.2, 0.25) is 0 Å². The molecule has 3 heterocycles. The molecule has 12 nitrogen and oxygen atoms in total. The summed E-state index contributed by atoms with van der Waals surface area (Å²) >= 11 is 0. The van der Waals surface area contributed by atoms with Crippen LogP contribution >= 0.6 is 0 Å². The van der Waals surface area contributed by atoms with Crippen LogP contribution in [0, 0.1) is 5.92 Å². The van der Waals surface area contributed by atoms with Crippen LogP contribution < -0.4 is 20.9 Å². The summed E-state index contributed by atoms with van der Waals surface area (Å²) in [6.45, 7) is 12.2. The number of rotatable bonds is 8. The molecule has 4 rings (SSSR count). The number of fused-ring (bicyclic) bond motifs is 1. The van der Waals surface area contributed by atoms with Crippen molar-refractivity contribution in [3.8, 4) is 0 Å². The van der Waals surface area contributed by atoms with Gasteiger partial charge in [-0.1, -0.05) is 13.8 Å². The summed E-state index contributed by atoms with van der Waals surface area (Å²) in [5.41, 5.74) is 1.80. The van der Waals surface area contributed by atoms with Crippen LogP contribution in [0.3, 0.4) is 0 Å². The van der Waals surface area contributed by atoms with Crippen LogP contribution in [0.1, 0.15) is 41.0 Å². The Morgan fingerprint density at radius 3 is 2.37 bits per heavy atom. The highest BCUT2D eigenvalue weighted by Crippen LogP contribution is 2.23. The smallest absolute Gasteiger partial charge is 0.410 e. The highest BCUT2D eigenvalue weighted by atomic mass is 16.6. The number of piperazine rings is 1. The fourth-order valence-corrected chi connectivity index (χ4v) is 4.48. The standard InChI is InChI=1S/C29H40N8O4/c1-19(2)16-22(18-38)32-27(39)34-24-11-6-20-17-30-26(35-25(20)33-24)31-21-7-9-23(10-8-21)36-12-14-37(15-13-36)28(40)41-29(3,4)5/h6-11,17,19,22,38H,12-16,18H2,1-5H3,(H3,30,31,32,33,34,35,39)/t22-/m0/s1. The molecule has 1 atom stereocenters. The molecule has 220 valence electrons. The van der Waals surface area contributed by atoms with Crippen LogP contribution in [0.25, 0.3) is 11.0 Å². The van der Waals surface area contributed by atoms with Gasteiger partial charge in [0.15, 0.2) is 5.65 Å². The van der Waals surface area contributed by atoms with E-state index in [1.807, 2.05) is 58.9 Å². The molecule has 0 spiro atoms. The van der Waals surface area contributed by atoms with E-state index in [1.165, 1.54) is 0 Å². The highest BCUT2D eigenvalue weighted by molar-refractivity contribution is 5.90. The number of ether oxygens (including phenoxy) is 1. The Bertz CT molecular complexity index is 1330. The second kappa shape index (κ2) is 13.0. The van der Waals surface area contributed by atoms with E-state index < -0.39 is 11.6 Å². The van der Waals surface area contributed by atoms with Gasteiger partial charge < -0.3 is 30.3 Å². The van der Waals surface area contributed by atoms with Gasteiger partial charge in [-0.2, -0.15) is 4.98 Å². The van der Waals surface area contributed by atoms with Gasteiger partial charge in [-0.25, -0.2) is 19.6 Å². The third-order valence-electron chi connectivity index (χ3n) is 6.42. The predicted molar refractivity (Wildman–Crippen MR) is 160 cm³/mol. The van der Waals surface area contributed by atoms with Gasteiger partial charge in [0.1, 0.15) is 11.4 Å². The van der Waals surface area contributed by atoms with Crippen LogP contribution in [0.15, 0.2) is 42.6 Å². The van der Waals surface area contributed by atoms with Crippen LogP contribution in [-0.2, 0) is 4.74 Å². The van der Waals surface area contributed by atoms with Gasteiger partial charge in [0.05, 0.1) is 12.6 Å². The van der Waals surface area contributed by atoms with Crippen LogP contribution in [-0.4, -0.2) is 81.5 Å². The Labute approximate surface area is 240 Å². The van der Waals surface area contributed by atoms with E-state index in [2.05, 4.69) is 35.8 Å². The van der Waals surface area contributed by atoms with Crippen LogP contribution in [0.4, 0.5) is 32.7 Å². The van der Waals surface area contributed by atoms with E-state index in [0.717, 1.165) is 29.9 Å². The Morgan fingerprint density at radius 2 is 1.73 bits per heavy atom. The molecule has 0 radical (unpaired) electrons. The topological polar surface area (TPSA) is 145 Å². The largest absolute Gasteiger partial charge is 0.444 e. The zero-order chi connectivity index (χ0) is 29.6. The summed E-state index contributed by atoms with van der Waals surface area (Å²) in [5.74, 6) is 1.06. The minimum Gasteiger partial charge on any atom is -0.444 e. The molecule has 0 aliphatic carbocycles. The summed E-state index contributed by atoms with van der Waals surface area (Å²) in [5, 5.41) is 18.9. The number of hydrogen-bond donors (Lipinski definition) is 4. The molecule has 41 heavy (non-hydrogen) atoms. The van der Waals surface area contributed by atoms with Gasteiger partial charge in [-0.05, 0) is 69.5 Å². The highest BCUT2D eigenvalue weighted by Gasteiger charge is 2.26. The summed E-state index contributed by atoms with van der Waals surface area (Å²) in [7, 11) is 0. The molecule has 3 aromatic rings. The normalized spacial score (nSPS) is 14.6. The number of aliphatic hydroxyl groups excluding tert-OH is 1. The fraction of sp³-hybridized carbons (Fsp3) is 0.483. The van der Waals surface area contributed by atoms with E-state index >= 15 is 0 Å². The lowest BCUT2D eigenvalue weighted by Crippen LogP contribution is -2.50. The van der Waals surface area contributed by atoms with Crippen molar-refractivity contribution in [2.45, 2.75) is 52.7 Å². The second-order valence-electron chi connectivity index (χ2n) is 11.5. The molecule has 1 fully saturated rings. The average molecular weight is 565 g/mol. The minimum atomic E-state index is -0.505. The number of amides is 3. The van der Waals surface area contributed by atoms with E-state index in [1.54, 1.807) is 23.2 Å². The SMILES string of the molecule is CC(C)C[C@@H](CO)NC(=O)Nc1ccc2cnc(Nc3ccc(N4CCN(C(=O)OC(C)(C)C)CC4)cc3)nc2n1. The van der Waals surface area contributed by atoms with Crippen molar-refractivity contribution in [1.82, 2.24) is 25.2 Å². The molecule has 1 aromatic carbocycles. The maximum absolute atomic E-state index is 12.4. The number of anilines is 4. The van der Waals surface area contributed by atoms with Crippen LogP contribution in [0.5, 0.6) is 0 Å². The lowest BCUT2D eigenvalue weighted by Gasteiger charge is -2.36. The van der Waals surface area contributed by atoms with Gasteiger partial charge in [0, 0.05) is 49.1 Å². The lowest BCUT2D eigenvalue weighted by atomic mass is 10.0. The minimum absolute atomic E-state index is 0.134. The Kier molecular flexibility index (Phi) is 9.43. The summed E-state index contributed by atoms with van der Waals surface area (Å²) in [6.07, 6.45) is 2.07. The first kappa shape index (κ1) is 29.8. The van der Waals surface area contributed by atoms with Gasteiger partial charge in [-0.3, -0.25) is 5.32 Å². The molecule has 1 aliphatic rings. The molecule has 1 saturated heterocycles. The monoisotopic (exact) mass is 564 g/mol. The summed E-state index contributed by atoms with van der Waals surface area (Å²) in [6, 6.07) is 10.6. The number of pyridine rings is 1. The number of carbonyl (C=O) groups is 2. The maximum atomic E-state index is 12.4. The second-order valence-corrected chi connectivity index (χ2v) is 11.5. The Morgan fingerprint density at radius 1 is 1.02 bits per heavy atom. The van der Waals surface area contributed by atoms with Crippen molar-refractivity contribution in [2.24, 2.45) is 5.92 Å². The molecule has 12 heteroatoms. The first-order valence-corrected chi connectivity index (χ1v) is 13.9. The van der Waals surface area contributed by atoms with Crippen molar-refractivity contribution < 1.29 is 19.4 Å². The van der Waals surface area contributed by atoms with Crippen molar-refractivity contribution >= 4 is 46.3 Å². The van der Waals surface area contributed by atoms with Gasteiger partial charge in [0.25, 0.3) is 0 Å². The zero-order valence-electron chi connectivity index (χ0n) is 24.3. The van der Waals surface area contributed by atoms with Crippen molar-refractivity contribution in [3.63, 3.8) is 0 Å².